The van der Waals surface area contributed by atoms with Gasteiger partial charge in [0.25, 0.3) is 0 Å². The van der Waals surface area contributed by atoms with Gasteiger partial charge in [-0.1, -0.05) is 6.42 Å². The molecule has 0 radical (unpaired) electrons. The molecular weight excluding hydrogens is 414 g/mol. The van der Waals surface area contributed by atoms with Crippen molar-refractivity contribution >= 4 is 29.2 Å². The Morgan fingerprint density at radius 1 is 0.970 bits per heavy atom. The van der Waals surface area contributed by atoms with E-state index >= 15 is 0 Å². The van der Waals surface area contributed by atoms with Gasteiger partial charge in [-0.15, -0.1) is 0 Å². The molecule has 33 heavy (non-hydrogen) atoms. The number of hydrogen-bond donors (Lipinski definition) is 3. The second-order valence-electron chi connectivity index (χ2n) is 9.55. The van der Waals surface area contributed by atoms with Crippen LogP contribution >= 0.6 is 0 Å². The first kappa shape index (κ1) is 21.9. The summed E-state index contributed by atoms with van der Waals surface area (Å²) >= 11 is 0. The van der Waals surface area contributed by atoms with Gasteiger partial charge in [0.15, 0.2) is 0 Å². The predicted octanol–water partition coefficient (Wildman–Crippen LogP) is 4.20. The van der Waals surface area contributed by atoms with Crippen molar-refractivity contribution in [1.82, 2.24) is 20.3 Å². The van der Waals surface area contributed by atoms with Crippen LogP contribution in [0.1, 0.15) is 69.3 Å². The largest absolute Gasteiger partial charge is 0.370 e. The van der Waals surface area contributed by atoms with Gasteiger partial charge in [-0.2, -0.15) is 4.98 Å². The van der Waals surface area contributed by atoms with Crippen LogP contribution in [0.2, 0.25) is 0 Å². The molecular formula is C25H35N7O. The summed E-state index contributed by atoms with van der Waals surface area (Å²) in [5.74, 6) is 3.54. The minimum absolute atomic E-state index is 0.216. The molecule has 176 valence electrons. The molecule has 0 bridgehead atoms. The highest BCUT2D eigenvalue weighted by Gasteiger charge is 2.28. The Kier molecular flexibility index (Phi) is 6.88. The fourth-order valence-electron chi connectivity index (χ4n) is 4.51. The molecule has 5 rings (SSSR count). The van der Waals surface area contributed by atoms with Crippen molar-refractivity contribution in [3.63, 3.8) is 0 Å². The number of nitrogens with zero attached hydrogens (tertiary/aromatic N) is 4. The number of anilines is 4. The molecule has 1 aliphatic heterocycles. The Morgan fingerprint density at radius 3 is 2.52 bits per heavy atom. The molecule has 1 amide bonds. The van der Waals surface area contributed by atoms with Crippen LogP contribution in [0, 0.1) is 5.92 Å². The van der Waals surface area contributed by atoms with E-state index in [4.69, 9.17) is 4.98 Å². The maximum absolute atomic E-state index is 12.0. The van der Waals surface area contributed by atoms with Crippen LogP contribution in [0.3, 0.4) is 0 Å². The fourth-order valence-corrected chi connectivity index (χ4v) is 4.51. The van der Waals surface area contributed by atoms with Gasteiger partial charge in [0.2, 0.25) is 11.9 Å². The quantitative estimate of drug-likeness (QED) is 0.468. The molecule has 0 unspecified atom stereocenters. The molecule has 2 aliphatic carbocycles. The van der Waals surface area contributed by atoms with E-state index in [1.165, 1.54) is 44.1 Å². The maximum Gasteiger partial charge on any atom is 0.229 e. The summed E-state index contributed by atoms with van der Waals surface area (Å²) in [6.07, 6.45) is 14.2. The number of carbonyl (C=O) groups excluding carboxylic acids is 1. The molecule has 8 nitrogen and oxygen atoms in total. The summed E-state index contributed by atoms with van der Waals surface area (Å²) < 4.78 is 0. The Hall–Kier alpha value is -2.90. The first-order valence-corrected chi connectivity index (χ1v) is 12.6. The van der Waals surface area contributed by atoms with Gasteiger partial charge in [-0.3, -0.25) is 4.79 Å². The van der Waals surface area contributed by atoms with E-state index in [0.29, 0.717) is 18.4 Å². The zero-order valence-electron chi connectivity index (χ0n) is 19.4. The SMILES string of the molecule is O=C(NCCCNc1nc(Nc2ccc(N3CCCCC3)nc2)ncc1C1CC1)C1CCC1. The van der Waals surface area contributed by atoms with Gasteiger partial charge in [-0.05, 0) is 69.4 Å². The van der Waals surface area contributed by atoms with E-state index in [0.717, 1.165) is 56.2 Å². The average Bonchev–Trinajstić information content (AvgIpc) is 3.64. The van der Waals surface area contributed by atoms with E-state index in [1.54, 1.807) is 0 Å². The lowest BCUT2D eigenvalue weighted by Crippen LogP contribution is -2.35. The molecule has 3 aliphatic rings. The van der Waals surface area contributed by atoms with Crippen molar-refractivity contribution in [1.29, 1.82) is 0 Å². The molecule has 2 saturated carbocycles. The minimum Gasteiger partial charge on any atom is -0.370 e. The third-order valence-corrected chi connectivity index (χ3v) is 6.94. The Morgan fingerprint density at radius 2 is 1.82 bits per heavy atom. The van der Waals surface area contributed by atoms with Crippen molar-refractivity contribution in [3.05, 3.63) is 30.1 Å². The van der Waals surface area contributed by atoms with Crippen LogP contribution < -0.4 is 20.9 Å². The highest BCUT2D eigenvalue weighted by Crippen LogP contribution is 2.42. The van der Waals surface area contributed by atoms with Gasteiger partial charge >= 0.3 is 0 Å². The summed E-state index contributed by atoms with van der Waals surface area (Å²) in [6, 6.07) is 4.12. The molecule has 2 aromatic heterocycles. The standard InChI is InChI=1S/C25H35N7O/c33-24(19-6-4-7-19)27-13-5-12-26-23-21(18-8-9-18)17-29-25(31-23)30-20-10-11-22(28-16-20)32-14-2-1-3-15-32/h10-11,16-19H,1-9,12-15H2,(H,27,33)(H2,26,29,30,31). The number of nitrogens with one attached hydrogen (secondary N) is 3. The average molecular weight is 450 g/mol. The van der Waals surface area contributed by atoms with Crippen molar-refractivity contribution in [3.8, 4) is 0 Å². The Balaban J connectivity index is 1.15. The number of pyridine rings is 1. The second kappa shape index (κ2) is 10.4. The third-order valence-electron chi connectivity index (χ3n) is 6.94. The molecule has 3 N–H and O–H groups in total. The van der Waals surface area contributed by atoms with Gasteiger partial charge in [0, 0.05) is 43.9 Å². The van der Waals surface area contributed by atoms with Gasteiger partial charge < -0.3 is 20.9 Å². The first-order valence-electron chi connectivity index (χ1n) is 12.6. The molecule has 0 atom stereocenters. The van der Waals surface area contributed by atoms with E-state index in [9.17, 15) is 4.79 Å². The lowest BCUT2D eigenvalue weighted by Gasteiger charge is -2.27. The topological polar surface area (TPSA) is 95.1 Å². The molecule has 0 aromatic carbocycles. The van der Waals surface area contributed by atoms with E-state index in [-0.39, 0.29) is 11.8 Å². The van der Waals surface area contributed by atoms with E-state index in [2.05, 4.69) is 36.9 Å². The smallest absolute Gasteiger partial charge is 0.229 e. The van der Waals surface area contributed by atoms with Crippen LogP contribution in [-0.4, -0.2) is 47.0 Å². The van der Waals surface area contributed by atoms with Crippen molar-refractivity contribution < 1.29 is 4.79 Å². The van der Waals surface area contributed by atoms with E-state index < -0.39 is 0 Å². The van der Waals surface area contributed by atoms with Crippen LogP contribution in [-0.2, 0) is 4.79 Å². The van der Waals surface area contributed by atoms with Gasteiger partial charge in [0.05, 0.1) is 11.9 Å². The second-order valence-corrected chi connectivity index (χ2v) is 9.55. The molecule has 3 heterocycles. The highest BCUT2D eigenvalue weighted by molar-refractivity contribution is 5.79. The predicted molar refractivity (Wildman–Crippen MR) is 131 cm³/mol. The summed E-state index contributed by atoms with van der Waals surface area (Å²) in [4.78, 5) is 28.3. The van der Waals surface area contributed by atoms with Gasteiger partial charge in [0.1, 0.15) is 11.6 Å². The van der Waals surface area contributed by atoms with Crippen molar-refractivity contribution in [2.24, 2.45) is 5.92 Å². The summed E-state index contributed by atoms with van der Waals surface area (Å²) in [6.45, 7) is 3.65. The molecule has 3 fully saturated rings. The lowest BCUT2D eigenvalue weighted by atomic mass is 9.85. The molecule has 2 aromatic rings. The van der Waals surface area contributed by atoms with Crippen LogP contribution in [0.5, 0.6) is 0 Å². The number of rotatable bonds is 10. The number of carbonyl (C=O) groups is 1. The highest BCUT2D eigenvalue weighted by atomic mass is 16.1. The summed E-state index contributed by atoms with van der Waals surface area (Å²) in [5, 5.41) is 9.84. The van der Waals surface area contributed by atoms with Crippen molar-refractivity contribution in [2.45, 2.75) is 63.7 Å². The summed E-state index contributed by atoms with van der Waals surface area (Å²) in [5.41, 5.74) is 2.08. The van der Waals surface area contributed by atoms with Crippen molar-refractivity contribution in [2.75, 3.05) is 41.7 Å². The fraction of sp³-hybridized carbons (Fsp3) is 0.600. The van der Waals surface area contributed by atoms with Crippen LogP contribution in [0.15, 0.2) is 24.5 Å². The molecule has 8 heteroatoms. The number of hydrogen-bond acceptors (Lipinski definition) is 7. The Bertz CT molecular complexity index is 934. The maximum atomic E-state index is 12.0. The zero-order chi connectivity index (χ0) is 22.5. The van der Waals surface area contributed by atoms with Gasteiger partial charge in [-0.25, -0.2) is 9.97 Å². The first-order chi connectivity index (χ1) is 16.3. The van der Waals surface area contributed by atoms with Crippen LogP contribution in [0.4, 0.5) is 23.3 Å². The lowest BCUT2D eigenvalue weighted by molar-refractivity contribution is -0.127. The number of piperidine rings is 1. The monoisotopic (exact) mass is 449 g/mol. The number of aromatic nitrogens is 3. The third kappa shape index (κ3) is 5.72. The summed E-state index contributed by atoms with van der Waals surface area (Å²) in [7, 11) is 0. The Labute approximate surface area is 196 Å². The van der Waals surface area contributed by atoms with E-state index in [1.807, 2.05) is 18.5 Å². The normalized spacial score (nSPS) is 18.5. The van der Waals surface area contributed by atoms with Crippen LogP contribution in [0.25, 0.3) is 0 Å². The molecule has 1 saturated heterocycles. The number of amides is 1. The zero-order valence-corrected chi connectivity index (χ0v) is 19.4. The molecule has 0 spiro atoms. The minimum atomic E-state index is 0.216.